The van der Waals surface area contributed by atoms with Gasteiger partial charge in [-0.05, 0) is 60.2 Å². The molecule has 0 spiro atoms. The van der Waals surface area contributed by atoms with Gasteiger partial charge in [-0.1, -0.05) is 29.8 Å². The van der Waals surface area contributed by atoms with Gasteiger partial charge in [0.25, 0.3) is 15.9 Å². The van der Waals surface area contributed by atoms with Crippen molar-refractivity contribution in [3.63, 3.8) is 0 Å². The molecule has 0 bridgehead atoms. The molecule has 1 heterocycles. The van der Waals surface area contributed by atoms with Crippen LogP contribution in [0.25, 0.3) is 0 Å². The van der Waals surface area contributed by atoms with Gasteiger partial charge in [0.2, 0.25) is 0 Å². The molecule has 0 saturated carbocycles. The van der Waals surface area contributed by atoms with Gasteiger partial charge in [0.1, 0.15) is 0 Å². The average Bonchev–Trinajstić information content (AvgIpc) is 2.85. The van der Waals surface area contributed by atoms with Crippen molar-refractivity contribution in [3.05, 3.63) is 94.5 Å². The van der Waals surface area contributed by atoms with Crippen LogP contribution in [0, 0.1) is 11.3 Å². The minimum atomic E-state index is -3.73. The Morgan fingerprint density at radius 3 is 2.26 bits per heavy atom. The third kappa shape index (κ3) is 5.75. The lowest BCUT2D eigenvalue weighted by Crippen LogP contribution is -2.48. The van der Waals surface area contributed by atoms with Gasteiger partial charge in [-0.15, -0.1) is 0 Å². The maximum absolute atomic E-state index is 12.7. The second-order valence-corrected chi connectivity index (χ2v) is 10.1. The first-order chi connectivity index (χ1) is 16.3. The summed E-state index contributed by atoms with van der Waals surface area (Å²) >= 11 is 6.00. The minimum Gasteiger partial charge on any atom is -0.336 e. The fourth-order valence-corrected chi connectivity index (χ4v) is 5.02. The topological polar surface area (TPSA) is 93.5 Å². The van der Waals surface area contributed by atoms with E-state index in [9.17, 15) is 13.2 Å². The zero-order chi connectivity index (χ0) is 24.1. The Balaban J connectivity index is 1.31. The summed E-state index contributed by atoms with van der Waals surface area (Å²) in [5.41, 5.74) is 2.51. The number of halogens is 1. The highest BCUT2D eigenvalue weighted by molar-refractivity contribution is 7.92. The van der Waals surface area contributed by atoms with E-state index in [2.05, 4.69) is 9.62 Å². The molecule has 1 amide bonds. The molecule has 1 N–H and O–H groups in total. The number of anilines is 1. The van der Waals surface area contributed by atoms with E-state index in [-0.39, 0.29) is 10.8 Å². The third-order valence-corrected chi connectivity index (χ3v) is 7.27. The van der Waals surface area contributed by atoms with Crippen LogP contribution in [0.3, 0.4) is 0 Å². The minimum absolute atomic E-state index is 0.0129. The quantitative estimate of drug-likeness (QED) is 0.559. The van der Waals surface area contributed by atoms with Crippen molar-refractivity contribution >= 4 is 33.2 Å². The van der Waals surface area contributed by atoms with E-state index < -0.39 is 10.0 Å². The molecular formula is C25H23ClN4O3S. The van der Waals surface area contributed by atoms with Crippen LogP contribution in [-0.2, 0) is 16.6 Å². The lowest BCUT2D eigenvalue weighted by Gasteiger charge is -2.34. The van der Waals surface area contributed by atoms with Crippen LogP contribution >= 0.6 is 11.6 Å². The number of rotatable bonds is 6. The predicted molar refractivity (Wildman–Crippen MR) is 131 cm³/mol. The third-order valence-electron chi connectivity index (χ3n) is 5.64. The van der Waals surface area contributed by atoms with Crippen molar-refractivity contribution in [1.82, 2.24) is 9.80 Å². The summed E-state index contributed by atoms with van der Waals surface area (Å²) in [7, 11) is -3.73. The molecule has 1 saturated heterocycles. The Hall–Kier alpha value is -3.38. The maximum atomic E-state index is 12.7. The van der Waals surface area contributed by atoms with E-state index in [0.29, 0.717) is 41.5 Å². The maximum Gasteiger partial charge on any atom is 0.261 e. The molecule has 3 aromatic carbocycles. The largest absolute Gasteiger partial charge is 0.336 e. The number of benzene rings is 3. The van der Waals surface area contributed by atoms with Gasteiger partial charge in [0.15, 0.2) is 0 Å². The summed E-state index contributed by atoms with van der Waals surface area (Å²) < 4.78 is 27.7. The van der Waals surface area contributed by atoms with Gasteiger partial charge in [-0.2, -0.15) is 5.26 Å². The second kappa shape index (κ2) is 10.3. The first-order valence-electron chi connectivity index (χ1n) is 10.7. The summed E-state index contributed by atoms with van der Waals surface area (Å²) in [5.74, 6) is -0.0129. The van der Waals surface area contributed by atoms with E-state index in [1.54, 1.807) is 36.4 Å². The van der Waals surface area contributed by atoms with E-state index in [4.69, 9.17) is 16.9 Å². The molecule has 0 aliphatic carbocycles. The number of sulfonamides is 1. The van der Waals surface area contributed by atoms with Crippen molar-refractivity contribution in [2.75, 3.05) is 30.9 Å². The van der Waals surface area contributed by atoms with Crippen molar-refractivity contribution in [1.29, 1.82) is 5.26 Å². The lowest BCUT2D eigenvalue weighted by molar-refractivity contribution is 0.0628. The SMILES string of the molecule is N#Cc1ccc(S(=O)(=O)Nc2ccc(CN3CCN(C(=O)c4cccc(Cl)c4)CC3)cc2)cc1. The van der Waals surface area contributed by atoms with Crippen LogP contribution < -0.4 is 4.72 Å². The van der Waals surface area contributed by atoms with Crippen LogP contribution in [0.15, 0.2) is 77.7 Å². The Bertz CT molecular complexity index is 1310. The van der Waals surface area contributed by atoms with Crippen LogP contribution in [0.4, 0.5) is 5.69 Å². The van der Waals surface area contributed by atoms with Gasteiger partial charge < -0.3 is 4.90 Å². The first-order valence-corrected chi connectivity index (χ1v) is 12.6. The molecule has 7 nitrogen and oxygen atoms in total. The normalized spacial score (nSPS) is 14.4. The molecule has 1 fully saturated rings. The Kier molecular flexibility index (Phi) is 7.17. The highest BCUT2D eigenvalue weighted by Gasteiger charge is 2.22. The molecule has 0 atom stereocenters. The number of hydrogen-bond acceptors (Lipinski definition) is 5. The van der Waals surface area contributed by atoms with Crippen molar-refractivity contribution in [2.24, 2.45) is 0 Å². The van der Waals surface area contributed by atoms with Gasteiger partial charge in [-0.3, -0.25) is 14.4 Å². The Labute approximate surface area is 204 Å². The van der Waals surface area contributed by atoms with Gasteiger partial charge in [0, 0.05) is 49.0 Å². The Morgan fingerprint density at radius 2 is 1.65 bits per heavy atom. The van der Waals surface area contributed by atoms with Gasteiger partial charge in [0.05, 0.1) is 16.5 Å². The Morgan fingerprint density at radius 1 is 0.971 bits per heavy atom. The van der Waals surface area contributed by atoms with Crippen LogP contribution in [0.1, 0.15) is 21.5 Å². The fraction of sp³-hybridized carbons (Fsp3) is 0.200. The zero-order valence-electron chi connectivity index (χ0n) is 18.3. The first kappa shape index (κ1) is 23.8. The van der Waals surface area contributed by atoms with Crippen LogP contribution in [0.2, 0.25) is 5.02 Å². The molecular weight excluding hydrogens is 472 g/mol. The lowest BCUT2D eigenvalue weighted by atomic mass is 10.1. The summed E-state index contributed by atoms with van der Waals surface area (Å²) in [4.78, 5) is 16.9. The number of hydrogen-bond donors (Lipinski definition) is 1. The highest BCUT2D eigenvalue weighted by atomic mass is 35.5. The number of nitrogens with one attached hydrogen (secondary N) is 1. The standard InChI is InChI=1S/C25H23ClN4O3S/c26-22-3-1-2-21(16-22)25(31)30-14-12-29(13-15-30)18-20-4-8-23(9-5-20)28-34(32,33)24-10-6-19(17-27)7-11-24/h1-11,16,28H,12-15,18H2. The van der Waals surface area contributed by atoms with E-state index >= 15 is 0 Å². The zero-order valence-corrected chi connectivity index (χ0v) is 19.9. The van der Waals surface area contributed by atoms with E-state index in [1.807, 2.05) is 23.1 Å². The van der Waals surface area contributed by atoms with Crippen molar-refractivity contribution in [3.8, 4) is 6.07 Å². The fourth-order valence-electron chi connectivity index (χ4n) is 3.77. The molecule has 0 unspecified atom stereocenters. The number of nitriles is 1. The van der Waals surface area contributed by atoms with Crippen molar-refractivity contribution < 1.29 is 13.2 Å². The summed E-state index contributed by atoms with van der Waals surface area (Å²) in [6, 6.07) is 22.0. The number of carbonyl (C=O) groups is 1. The molecule has 3 aromatic rings. The molecule has 34 heavy (non-hydrogen) atoms. The molecule has 174 valence electrons. The van der Waals surface area contributed by atoms with E-state index in [1.165, 1.54) is 24.3 Å². The molecule has 4 rings (SSSR count). The summed E-state index contributed by atoms with van der Waals surface area (Å²) in [5, 5.41) is 9.41. The van der Waals surface area contributed by atoms with Gasteiger partial charge in [-0.25, -0.2) is 8.42 Å². The highest BCUT2D eigenvalue weighted by Crippen LogP contribution is 2.19. The van der Waals surface area contributed by atoms with Crippen molar-refractivity contribution in [2.45, 2.75) is 11.4 Å². The predicted octanol–water partition coefficient (Wildman–Crippen LogP) is 3.97. The number of piperazine rings is 1. The van der Waals surface area contributed by atoms with Gasteiger partial charge >= 0.3 is 0 Å². The molecule has 0 radical (unpaired) electrons. The molecule has 1 aliphatic heterocycles. The smallest absolute Gasteiger partial charge is 0.261 e. The van der Waals surface area contributed by atoms with Crippen LogP contribution in [0.5, 0.6) is 0 Å². The molecule has 9 heteroatoms. The second-order valence-electron chi connectivity index (χ2n) is 8.02. The van der Waals surface area contributed by atoms with Crippen LogP contribution in [-0.4, -0.2) is 50.3 Å². The number of nitrogens with zero attached hydrogens (tertiary/aromatic N) is 3. The summed E-state index contributed by atoms with van der Waals surface area (Å²) in [6.07, 6.45) is 0. The summed E-state index contributed by atoms with van der Waals surface area (Å²) in [6.45, 7) is 3.47. The monoisotopic (exact) mass is 494 g/mol. The number of carbonyl (C=O) groups excluding carboxylic acids is 1. The van der Waals surface area contributed by atoms with E-state index in [0.717, 1.165) is 18.7 Å². The number of amides is 1. The molecule has 0 aromatic heterocycles. The average molecular weight is 495 g/mol. The molecule has 1 aliphatic rings.